The molecule has 4 rings (SSSR count). The SMILES string of the molecule is Cc1ccc(C(C)C)c(OCCn2c(C(C)NC(=O)c3ccccc3)nc3ccccc32)c1. The summed E-state index contributed by atoms with van der Waals surface area (Å²) < 4.78 is 8.40. The van der Waals surface area contributed by atoms with Crippen LogP contribution in [0.25, 0.3) is 11.0 Å². The minimum absolute atomic E-state index is 0.112. The van der Waals surface area contributed by atoms with Crippen molar-refractivity contribution < 1.29 is 9.53 Å². The smallest absolute Gasteiger partial charge is 0.251 e. The molecule has 0 aliphatic heterocycles. The zero-order valence-electron chi connectivity index (χ0n) is 19.7. The average molecular weight is 442 g/mol. The first-order valence-corrected chi connectivity index (χ1v) is 11.5. The second kappa shape index (κ2) is 9.90. The zero-order valence-corrected chi connectivity index (χ0v) is 19.7. The molecule has 0 bridgehead atoms. The van der Waals surface area contributed by atoms with Crippen LogP contribution < -0.4 is 10.1 Å². The van der Waals surface area contributed by atoms with Gasteiger partial charge in [0.2, 0.25) is 0 Å². The Kier molecular flexibility index (Phi) is 6.78. The Balaban J connectivity index is 1.56. The van der Waals surface area contributed by atoms with Crippen molar-refractivity contribution >= 4 is 16.9 Å². The summed E-state index contributed by atoms with van der Waals surface area (Å²) in [7, 11) is 0. The van der Waals surface area contributed by atoms with Crippen molar-refractivity contribution in [3.63, 3.8) is 0 Å². The van der Waals surface area contributed by atoms with E-state index in [4.69, 9.17) is 9.72 Å². The number of amides is 1. The molecule has 0 saturated heterocycles. The first-order valence-electron chi connectivity index (χ1n) is 11.5. The van der Waals surface area contributed by atoms with E-state index in [9.17, 15) is 4.79 Å². The van der Waals surface area contributed by atoms with Crippen LogP contribution in [0.4, 0.5) is 0 Å². The van der Waals surface area contributed by atoms with Crippen LogP contribution in [0.5, 0.6) is 5.75 Å². The lowest BCUT2D eigenvalue weighted by molar-refractivity contribution is 0.0937. The zero-order chi connectivity index (χ0) is 23.4. The van der Waals surface area contributed by atoms with Crippen molar-refractivity contribution in [1.29, 1.82) is 0 Å². The molecule has 1 heterocycles. The lowest BCUT2D eigenvalue weighted by atomic mass is 10.0. The highest BCUT2D eigenvalue weighted by Crippen LogP contribution is 2.28. The average Bonchev–Trinajstić information content (AvgIpc) is 3.18. The van der Waals surface area contributed by atoms with Crippen LogP contribution in [0.2, 0.25) is 0 Å². The molecule has 1 amide bonds. The molecule has 1 aromatic heterocycles. The maximum atomic E-state index is 12.7. The molecular weight excluding hydrogens is 410 g/mol. The molecule has 0 saturated carbocycles. The molecule has 33 heavy (non-hydrogen) atoms. The van der Waals surface area contributed by atoms with E-state index in [0.717, 1.165) is 22.6 Å². The Morgan fingerprint density at radius 2 is 1.73 bits per heavy atom. The van der Waals surface area contributed by atoms with Crippen LogP contribution in [0.1, 0.15) is 60.0 Å². The van der Waals surface area contributed by atoms with Crippen molar-refractivity contribution in [3.8, 4) is 5.75 Å². The Bertz CT molecular complexity index is 1240. The number of imidazole rings is 1. The molecule has 4 aromatic rings. The third kappa shape index (κ3) is 5.08. The third-order valence-corrected chi connectivity index (χ3v) is 5.82. The van der Waals surface area contributed by atoms with Crippen molar-refractivity contribution in [1.82, 2.24) is 14.9 Å². The topological polar surface area (TPSA) is 56.1 Å². The highest BCUT2D eigenvalue weighted by Gasteiger charge is 2.19. The molecule has 0 aliphatic rings. The lowest BCUT2D eigenvalue weighted by Gasteiger charge is -2.18. The second-order valence-corrected chi connectivity index (χ2v) is 8.72. The van der Waals surface area contributed by atoms with Crippen LogP contribution in [0, 0.1) is 6.92 Å². The number of rotatable bonds is 8. The number of ether oxygens (including phenoxy) is 1. The first-order chi connectivity index (χ1) is 15.9. The van der Waals surface area contributed by atoms with E-state index in [1.807, 2.05) is 55.5 Å². The number of benzene rings is 3. The molecule has 1 unspecified atom stereocenters. The molecule has 0 radical (unpaired) electrons. The largest absolute Gasteiger partial charge is 0.491 e. The summed E-state index contributed by atoms with van der Waals surface area (Å²) in [5.74, 6) is 2.02. The fourth-order valence-electron chi connectivity index (χ4n) is 4.08. The van der Waals surface area contributed by atoms with Gasteiger partial charge in [0, 0.05) is 5.56 Å². The Morgan fingerprint density at radius 1 is 1.00 bits per heavy atom. The molecule has 1 atom stereocenters. The predicted octanol–water partition coefficient (Wildman–Crippen LogP) is 6.04. The molecular formula is C28H31N3O2. The fourth-order valence-corrected chi connectivity index (χ4v) is 4.08. The number of nitrogens with zero attached hydrogens (tertiary/aromatic N) is 2. The number of hydrogen-bond acceptors (Lipinski definition) is 3. The van der Waals surface area contributed by atoms with Crippen molar-refractivity contribution in [2.75, 3.05) is 6.61 Å². The summed E-state index contributed by atoms with van der Waals surface area (Å²) >= 11 is 0. The number of carbonyl (C=O) groups excluding carboxylic acids is 1. The number of hydrogen-bond donors (Lipinski definition) is 1. The number of aromatic nitrogens is 2. The van der Waals surface area contributed by atoms with Crippen molar-refractivity contribution in [3.05, 3.63) is 95.3 Å². The monoisotopic (exact) mass is 441 g/mol. The van der Waals surface area contributed by atoms with Gasteiger partial charge in [-0.3, -0.25) is 4.79 Å². The molecule has 170 valence electrons. The molecule has 3 aromatic carbocycles. The molecule has 1 N–H and O–H groups in total. The minimum atomic E-state index is -0.254. The van der Waals surface area contributed by atoms with Crippen LogP contribution in [0.15, 0.2) is 72.8 Å². The van der Waals surface area contributed by atoms with Crippen LogP contribution in [0.3, 0.4) is 0 Å². The Morgan fingerprint density at radius 3 is 2.48 bits per heavy atom. The second-order valence-electron chi connectivity index (χ2n) is 8.72. The van der Waals surface area contributed by atoms with E-state index >= 15 is 0 Å². The molecule has 5 nitrogen and oxygen atoms in total. The Labute approximate surface area is 195 Å². The Hall–Kier alpha value is -3.60. The molecule has 0 spiro atoms. The highest BCUT2D eigenvalue weighted by atomic mass is 16.5. The van der Waals surface area contributed by atoms with Gasteiger partial charge in [-0.1, -0.05) is 56.3 Å². The van der Waals surface area contributed by atoms with E-state index in [1.54, 1.807) is 0 Å². The summed E-state index contributed by atoms with van der Waals surface area (Å²) in [6, 6.07) is 23.4. The van der Waals surface area contributed by atoms with Gasteiger partial charge in [-0.15, -0.1) is 0 Å². The summed E-state index contributed by atoms with van der Waals surface area (Å²) in [5.41, 5.74) is 4.97. The minimum Gasteiger partial charge on any atom is -0.491 e. The highest BCUT2D eigenvalue weighted by molar-refractivity contribution is 5.94. The van der Waals surface area contributed by atoms with Crippen molar-refractivity contribution in [2.45, 2.75) is 46.2 Å². The van der Waals surface area contributed by atoms with Gasteiger partial charge in [0.25, 0.3) is 5.91 Å². The van der Waals surface area contributed by atoms with Crippen LogP contribution in [-0.2, 0) is 6.54 Å². The summed E-state index contributed by atoms with van der Waals surface area (Å²) in [5, 5.41) is 3.09. The molecule has 5 heteroatoms. The number of carbonyl (C=O) groups is 1. The van der Waals surface area contributed by atoms with Gasteiger partial charge in [-0.05, 0) is 61.2 Å². The van der Waals surface area contributed by atoms with Crippen LogP contribution in [-0.4, -0.2) is 22.1 Å². The number of nitrogens with one attached hydrogen (secondary N) is 1. The molecule has 0 aliphatic carbocycles. The van der Waals surface area contributed by atoms with Gasteiger partial charge in [0.05, 0.1) is 23.6 Å². The maximum Gasteiger partial charge on any atom is 0.251 e. The van der Waals surface area contributed by atoms with E-state index in [2.05, 4.69) is 54.9 Å². The first kappa shape index (κ1) is 22.6. The molecule has 0 fully saturated rings. The van der Waals surface area contributed by atoms with Crippen LogP contribution >= 0.6 is 0 Å². The fraction of sp³-hybridized carbons (Fsp3) is 0.286. The van der Waals surface area contributed by atoms with E-state index in [1.165, 1.54) is 11.1 Å². The van der Waals surface area contributed by atoms with Gasteiger partial charge in [-0.2, -0.15) is 0 Å². The summed E-state index contributed by atoms with van der Waals surface area (Å²) in [6.07, 6.45) is 0. The van der Waals surface area contributed by atoms with Crippen molar-refractivity contribution in [2.24, 2.45) is 0 Å². The number of fused-ring (bicyclic) bond motifs is 1. The number of para-hydroxylation sites is 2. The van der Waals surface area contributed by atoms with Gasteiger partial charge in [0.15, 0.2) is 0 Å². The standard InChI is InChI=1S/C28H31N3O2/c1-19(2)23-15-14-20(3)18-26(23)33-17-16-31-25-13-9-8-12-24(25)30-27(31)21(4)29-28(32)22-10-6-5-7-11-22/h5-15,18-19,21H,16-17H2,1-4H3,(H,29,32). The quantitative estimate of drug-likeness (QED) is 0.363. The normalized spacial score (nSPS) is 12.2. The number of aryl methyl sites for hydroxylation is 1. The van der Waals surface area contributed by atoms with E-state index in [0.29, 0.717) is 24.6 Å². The lowest BCUT2D eigenvalue weighted by Crippen LogP contribution is -2.29. The van der Waals surface area contributed by atoms with Gasteiger partial charge < -0.3 is 14.6 Å². The van der Waals surface area contributed by atoms with Gasteiger partial charge in [0.1, 0.15) is 18.2 Å². The van der Waals surface area contributed by atoms with E-state index in [-0.39, 0.29) is 11.9 Å². The summed E-state index contributed by atoms with van der Waals surface area (Å²) in [4.78, 5) is 17.6. The van der Waals surface area contributed by atoms with E-state index < -0.39 is 0 Å². The van der Waals surface area contributed by atoms with Gasteiger partial charge in [-0.25, -0.2) is 4.98 Å². The predicted molar refractivity (Wildman–Crippen MR) is 133 cm³/mol. The van der Waals surface area contributed by atoms with Gasteiger partial charge >= 0.3 is 0 Å². The maximum absolute atomic E-state index is 12.7. The third-order valence-electron chi connectivity index (χ3n) is 5.82. The summed E-state index contributed by atoms with van der Waals surface area (Å²) in [6.45, 7) is 9.54.